The summed E-state index contributed by atoms with van der Waals surface area (Å²) in [4.78, 5) is 24.8. The van der Waals surface area contributed by atoms with Crippen molar-refractivity contribution in [3.05, 3.63) is 65.3 Å². The van der Waals surface area contributed by atoms with Gasteiger partial charge in [-0.05, 0) is 18.2 Å². The molecule has 0 bridgehead atoms. The first-order valence-electron chi connectivity index (χ1n) is 9.74. The Kier molecular flexibility index (Phi) is 8.72. The number of hydrogen-bond donors (Lipinski definition) is 4. The van der Waals surface area contributed by atoms with E-state index in [1.807, 2.05) is 6.07 Å². The van der Waals surface area contributed by atoms with E-state index in [0.717, 1.165) is 18.5 Å². The first-order valence-corrected chi connectivity index (χ1v) is 10.1. The number of carbonyl (C=O) groups is 1. The van der Waals surface area contributed by atoms with Crippen molar-refractivity contribution in [1.29, 1.82) is 5.41 Å². The number of halogens is 2. The minimum atomic E-state index is -1.22. The summed E-state index contributed by atoms with van der Waals surface area (Å²) in [7, 11) is 0. The zero-order valence-electron chi connectivity index (χ0n) is 17.2. The quantitative estimate of drug-likeness (QED) is 0.187. The smallest absolute Gasteiger partial charge is 0.269 e. The number of para-hydroxylation sites is 1. The molecule has 10 nitrogen and oxygen atoms in total. The maximum atomic E-state index is 13.1. The van der Waals surface area contributed by atoms with Crippen molar-refractivity contribution in [3.8, 4) is 5.88 Å². The van der Waals surface area contributed by atoms with Crippen molar-refractivity contribution >= 4 is 41.0 Å². The molecule has 3 rings (SSSR count). The van der Waals surface area contributed by atoms with Crippen LogP contribution in [0.3, 0.4) is 0 Å². The molecule has 0 aliphatic rings. The van der Waals surface area contributed by atoms with Crippen LogP contribution in [-0.2, 0) is 9.53 Å². The summed E-state index contributed by atoms with van der Waals surface area (Å²) >= 11 is 6.21. The summed E-state index contributed by atoms with van der Waals surface area (Å²) in [6, 6.07) is 9.55. The maximum Gasteiger partial charge on any atom is 0.269 e. The zero-order valence-corrected chi connectivity index (χ0v) is 18.0. The van der Waals surface area contributed by atoms with Gasteiger partial charge >= 0.3 is 0 Å². The second-order valence-electron chi connectivity index (χ2n) is 6.54. The Morgan fingerprint density at radius 3 is 2.79 bits per heavy atom. The van der Waals surface area contributed by atoms with Crippen LogP contribution in [0.2, 0.25) is 5.02 Å². The monoisotopic (exact) mass is 475 g/mol. The standard InChI is InChI=1S/C21H20ClFN6O4/c22-15-3-1-2-4-16(15)28-19-14(9-24)21(27-12-26-19)33-17(11-32-8-7-30)20(31)29-18-6-5-13(23)10-25-18/h1-6,9-10,12,17,24,30H,7-8,11H2,(H,25,29,31)(H,26,27,28)/p+1. The van der Waals surface area contributed by atoms with Crippen LogP contribution >= 0.6 is 11.6 Å². The van der Waals surface area contributed by atoms with Gasteiger partial charge in [0.1, 0.15) is 28.5 Å². The lowest BCUT2D eigenvalue weighted by molar-refractivity contribution is -0.483. The molecule has 0 saturated heterocycles. The number of pyridine rings is 1. The van der Waals surface area contributed by atoms with Crippen LogP contribution < -0.4 is 15.4 Å². The molecule has 0 aliphatic heterocycles. The number of carbonyl (C=O) groups excluding carboxylic acids is 1. The molecule has 12 heteroatoms. The number of nitrogens with two attached hydrogens (primary N) is 1. The molecule has 3 aromatic rings. The molecule has 1 aromatic carbocycles. The molecule has 1 atom stereocenters. The fourth-order valence-electron chi connectivity index (χ4n) is 2.69. The molecule has 33 heavy (non-hydrogen) atoms. The van der Waals surface area contributed by atoms with Gasteiger partial charge in [-0.15, -0.1) is 0 Å². The van der Waals surface area contributed by atoms with Gasteiger partial charge in [-0.2, -0.15) is 4.98 Å². The van der Waals surface area contributed by atoms with Gasteiger partial charge in [-0.3, -0.25) is 10.1 Å². The highest BCUT2D eigenvalue weighted by Crippen LogP contribution is 2.22. The summed E-state index contributed by atoms with van der Waals surface area (Å²) < 4.78 is 24.1. The van der Waals surface area contributed by atoms with Crippen LogP contribution in [0.4, 0.5) is 21.7 Å². The van der Waals surface area contributed by atoms with Gasteiger partial charge in [0.25, 0.3) is 5.91 Å². The SMILES string of the molecule is N=Cc1c([NH2+]c2ccccc2Cl)ncnc1OC(COCCO)C(=O)Nc1ccc(F)cn1. The Morgan fingerprint density at radius 2 is 2.09 bits per heavy atom. The lowest BCUT2D eigenvalue weighted by atomic mass is 10.2. The normalized spacial score (nSPS) is 11.6. The van der Waals surface area contributed by atoms with Gasteiger partial charge in [0.05, 0.1) is 26.0 Å². The van der Waals surface area contributed by atoms with E-state index >= 15 is 0 Å². The van der Waals surface area contributed by atoms with E-state index in [-0.39, 0.29) is 37.1 Å². The molecule has 5 N–H and O–H groups in total. The molecule has 2 aromatic heterocycles. The van der Waals surface area contributed by atoms with Crippen molar-refractivity contribution in [2.75, 3.05) is 25.1 Å². The number of amides is 1. The largest absolute Gasteiger partial charge is 0.461 e. The highest BCUT2D eigenvalue weighted by atomic mass is 35.5. The average Bonchev–Trinajstić information content (AvgIpc) is 2.81. The summed E-state index contributed by atoms with van der Waals surface area (Å²) in [5.41, 5.74) is 0.896. The zero-order chi connectivity index (χ0) is 23.6. The number of hydrogen-bond acceptors (Lipinski definition) is 8. The molecule has 0 radical (unpaired) electrons. The molecule has 172 valence electrons. The Balaban J connectivity index is 1.83. The molecule has 0 aliphatic carbocycles. The number of anilines is 1. The molecule has 1 amide bonds. The predicted molar refractivity (Wildman–Crippen MR) is 118 cm³/mol. The Hall–Kier alpha value is -3.51. The molecule has 0 spiro atoms. The summed E-state index contributed by atoms with van der Waals surface area (Å²) in [5, 5.41) is 21.5. The highest BCUT2D eigenvalue weighted by Gasteiger charge is 2.25. The molecule has 2 heterocycles. The molecule has 1 unspecified atom stereocenters. The van der Waals surface area contributed by atoms with Gasteiger partial charge in [-0.25, -0.2) is 14.4 Å². The van der Waals surface area contributed by atoms with Crippen LogP contribution in [0, 0.1) is 11.2 Å². The minimum absolute atomic E-state index is 0.0192. The third kappa shape index (κ3) is 6.73. The van der Waals surface area contributed by atoms with E-state index in [4.69, 9.17) is 31.6 Å². The number of aliphatic hydroxyl groups excluding tert-OH is 1. The second-order valence-corrected chi connectivity index (χ2v) is 6.95. The Morgan fingerprint density at radius 1 is 1.27 bits per heavy atom. The first-order chi connectivity index (χ1) is 16.0. The lowest BCUT2D eigenvalue weighted by Crippen LogP contribution is -2.72. The van der Waals surface area contributed by atoms with Crippen LogP contribution in [0.25, 0.3) is 0 Å². The van der Waals surface area contributed by atoms with Crippen molar-refractivity contribution in [2.24, 2.45) is 0 Å². The lowest BCUT2D eigenvalue weighted by Gasteiger charge is -2.19. The van der Waals surface area contributed by atoms with Crippen LogP contribution in [0.5, 0.6) is 5.88 Å². The van der Waals surface area contributed by atoms with E-state index < -0.39 is 17.8 Å². The number of nitrogens with zero attached hydrogens (tertiary/aromatic N) is 3. The van der Waals surface area contributed by atoms with Crippen molar-refractivity contribution in [1.82, 2.24) is 15.0 Å². The van der Waals surface area contributed by atoms with E-state index in [0.29, 0.717) is 16.5 Å². The van der Waals surface area contributed by atoms with Gasteiger partial charge in [0.2, 0.25) is 17.8 Å². The van der Waals surface area contributed by atoms with Crippen LogP contribution in [0.1, 0.15) is 5.56 Å². The van der Waals surface area contributed by atoms with Gasteiger partial charge in [0.15, 0.2) is 5.69 Å². The number of nitrogens with one attached hydrogen (secondary N) is 2. The fraction of sp³-hybridized carbons (Fsp3) is 0.190. The topological polar surface area (TPSA) is 147 Å². The third-order valence-electron chi connectivity index (χ3n) is 4.25. The number of aromatic nitrogens is 3. The first kappa shape index (κ1) is 24.1. The predicted octanol–water partition coefficient (Wildman–Crippen LogP) is 1.58. The molecular weight excluding hydrogens is 455 g/mol. The fourth-order valence-corrected chi connectivity index (χ4v) is 2.88. The van der Waals surface area contributed by atoms with E-state index in [1.165, 1.54) is 12.4 Å². The number of quaternary nitrogens is 1. The summed E-state index contributed by atoms with van der Waals surface area (Å²) in [6.45, 7) is -0.489. The Bertz CT molecular complexity index is 1100. The third-order valence-corrected chi connectivity index (χ3v) is 4.59. The maximum absolute atomic E-state index is 13.1. The van der Waals surface area contributed by atoms with Crippen molar-refractivity contribution < 1.29 is 29.1 Å². The van der Waals surface area contributed by atoms with Gasteiger partial charge in [0, 0.05) is 12.3 Å². The Labute approximate surface area is 193 Å². The van der Waals surface area contributed by atoms with E-state index in [9.17, 15) is 9.18 Å². The number of ether oxygens (including phenoxy) is 2. The second kappa shape index (κ2) is 11.9. The van der Waals surface area contributed by atoms with Gasteiger partial charge < -0.3 is 25.3 Å². The van der Waals surface area contributed by atoms with Gasteiger partial charge in [-0.1, -0.05) is 23.7 Å². The number of aliphatic hydroxyl groups is 1. The summed E-state index contributed by atoms with van der Waals surface area (Å²) in [6.07, 6.45) is 1.98. The van der Waals surface area contributed by atoms with Crippen LogP contribution in [0.15, 0.2) is 48.9 Å². The molecular formula is C21H21ClFN6O4+. The van der Waals surface area contributed by atoms with E-state index in [1.54, 1.807) is 23.5 Å². The number of benzene rings is 1. The highest BCUT2D eigenvalue weighted by molar-refractivity contribution is 6.32. The molecule has 0 saturated carbocycles. The van der Waals surface area contributed by atoms with Crippen molar-refractivity contribution in [2.45, 2.75) is 6.10 Å². The van der Waals surface area contributed by atoms with E-state index in [2.05, 4.69) is 20.3 Å². The number of rotatable bonds is 11. The average molecular weight is 476 g/mol. The molecule has 0 fully saturated rings. The van der Waals surface area contributed by atoms with Crippen LogP contribution in [-0.4, -0.2) is 58.1 Å². The van der Waals surface area contributed by atoms with Crippen molar-refractivity contribution in [3.63, 3.8) is 0 Å². The minimum Gasteiger partial charge on any atom is -0.461 e. The summed E-state index contributed by atoms with van der Waals surface area (Å²) in [5.74, 6) is -0.749.